The first-order chi connectivity index (χ1) is 13.3. The first-order valence-corrected chi connectivity index (χ1v) is 8.65. The largest absolute Gasteiger partial charge is 0.493 e. The molecule has 0 saturated heterocycles. The van der Waals surface area contributed by atoms with Crippen molar-refractivity contribution in [2.24, 2.45) is 0 Å². The van der Waals surface area contributed by atoms with Crippen molar-refractivity contribution in [3.05, 3.63) is 52.6 Å². The maximum Gasteiger partial charge on any atom is 0.338 e. The average molecular weight is 414 g/mol. The zero-order valence-corrected chi connectivity index (χ0v) is 15.9. The molecule has 0 saturated carbocycles. The molecule has 0 unspecified atom stereocenters. The summed E-state index contributed by atoms with van der Waals surface area (Å²) in [5.74, 6) is -2.70. The molecule has 0 aliphatic heterocycles. The van der Waals surface area contributed by atoms with E-state index in [9.17, 15) is 18.4 Å². The second-order valence-electron chi connectivity index (χ2n) is 5.59. The Bertz CT molecular complexity index is 876. The zero-order chi connectivity index (χ0) is 20.7. The van der Waals surface area contributed by atoms with Crippen LogP contribution in [0.2, 0.25) is 5.02 Å². The van der Waals surface area contributed by atoms with Gasteiger partial charge in [-0.05, 0) is 30.7 Å². The number of methoxy groups -OCH3 is 1. The molecule has 1 amide bonds. The number of rotatable bonds is 8. The monoisotopic (exact) mass is 413 g/mol. The fourth-order valence-corrected chi connectivity index (χ4v) is 2.44. The molecule has 0 fully saturated rings. The van der Waals surface area contributed by atoms with Gasteiger partial charge in [0.05, 0.1) is 30.0 Å². The molecular formula is C19H18ClF2NO5. The Morgan fingerprint density at radius 1 is 1.18 bits per heavy atom. The molecule has 0 aliphatic rings. The van der Waals surface area contributed by atoms with Gasteiger partial charge < -0.3 is 19.5 Å². The Labute approximate surface area is 165 Å². The van der Waals surface area contributed by atoms with E-state index in [0.717, 1.165) is 24.6 Å². The highest BCUT2D eigenvalue weighted by atomic mass is 35.5. The van der Waals surface area contributed by atoms with E-state index < -0.39 is 30.1 Å². The lowest BCUT2D eigenvalue weighted by molar-refractivity contribution is -0.119. The Balaban J connectivity index is 2.03. The molecule has 2 rings (SSSR count). The minimum absolute atomic E-state index is 0.0374. The highest BCUT2D eigenvalue weighted by molar-refractivity contribution is 6.32. The number of benzene rings is 2. The number of nitrogens with one attached hydrogen (secondary N) is 1. The number of hydrogen-bond acceptors (Lipinski definition) is 5. The van der Waals surface area contributed by atoms with E-state index in [1.807, 2.05) is 6.92 Å². The fourth-order valence-electron chi connectivity index (χ4n) is 2.18. The molecule has 2 aromatic rings. The van der Waals surface area contributed by atoms with E-state index in [1.54, 1.807) is 0 Å². The molecule has 0 bridgehead atoms. The van der Waals surface area contributed by atoms with Crippen molar-refractivity contribution in [1.82, 2.24) is 0 Å². The molecule has 9 heteroatoms. The molecular weight excluding hydrogens is 396 g/mol. The van der Waals surface area contributed by atoms with Crippen LogP contribution in [0.15, 0.2) is 30.3 Å². The summed E-state index contributed by atoms with van der Waals surface area (Å²) in [6.07, 6.45) is 0.754. The van der Waals surface area contributed by atoms with Crippen molar-refractivity contribution < 1.29 is 32.6 Å². The quantitative estimate of drug-likeness (QED) is 0.656. The number of halogens is 3. The predicted octanol–water partition coefficient (Wildman–Crippen LogP) is 4.21. The molecule has 0 aliphatic carbocycles. The Morgan fingerprint density at radius 3 is 2.61 bits per heavy atom. The summed E-state index contributed by atoms with van der Waals surface area (Å²) in [6.45, 7) is 1.63. The number of carbonyl (C=O) groups is 2. The van der Waals surface area contributed by atoms with Crippen LogP contribution in [-0.2, 0) is 9.53 Å². The van der Waals surface area contributed by atoms with E-state index >= 15 is 0 Å². The van der Waals surface area contributed by atoms with Crippen molar-refractivity contribution >= 4 is 29.2 Å². The predicted molar refractivity (Wildman–Crippen MR) is 99.1 cm³/mol. The van der Waals surface area contributed by atoms with E-state index in [2.05, 4.69) is 5.32 Å². The second kappa shape index (κ2) is 9.89. The van der Waals surface area contributed by atoms with Gasteiger partial charge in [0.2, 0.25) is 0 Å². The molecule has 0 spiro atoms. The van der Waals surface area contributed by atoms with Gasteiger partial charge >= 0.3 is 5.97 Å². The highest BCUT2D eigenvalue weighted by Gasteiger charge is 2.18. The van der Waals surface area contributed by atoms with Crippen LogP contribution in [0.5, 0.6) is 11.5 Å². The van der Waals surface area contributed by atoms with Crippen LogP contribution >= 0.6 is 11.6 Å². The van der Waals surface area contributed by atoms with Gasteiger partial charge in [0.15, 0.2) is 18.1 Å². The van der Waals surface area contributed by atoms with Crippen LogP contribution < -0.4 is 14.8 Å². The molecule has 1 N–H and O–H groups in total. The number of esters is 1. The van der Waals surface area contributed by atoms with Gasteiger partial charge in [-0.2, -0.15) is 0 Å². The van der Waals surface area contributed by atoms with E-state index in [1.165, 1.54) is 19.2 Å². The van der Waals surface area contributed by atoms with Gasteiger partial charge in [-0.3, -0.25) is 4.79 Å². The smallest absolute Gasteiger partial charge is 0.338 e. The lowest BCUT2D eigenvalue weighted by Gasteiger charge is -2.13. The average Bonchev–Trinajstić information content (AvgIpc) is 2.67. The molecule has 150 valence electrons. The van der Waals surface area contributed by atoms with E-state index in [4.69, 9.17) is 25.8 Å². The second-order valence-corrected chi connectivity index (χ2v) is 5.99. The molecule has 0 aromatic heterocycles. The van der Waals surface area contributed by atoms with Gasteiger partial charge in [-0.15, -0.1) is 0 Å². The van der Waals surface area contributed by atoms with Crippen molar-refractivity contribution in [2.75, 3.05) is 25.6 Å². The third-order valence-electron chi connectivity index (χ3n) is 3.45. The minimum atomic E-state index is -0.850. The van der Waals surface area contributed by atoms with E-state index in [0.29, 0.717) is 12.4 Å². The maximum absolute atomic E-state index is 13.5. The maximum atomic E-state index is 13.5. The van der Waals surface area contributed by atoms with Gasteiger partial charge in [0.25, 0.3) is 5.91 Å². The molecule has 2 aromatic carbocycles. The molecule has 0 heterocycles. The number of carbonyl (C=O) groups excluding carboxylic acids is 2. The van der Waals surface area contributed by atoms with Gasteiger partial charge in [-0.1, -0.05) is 18.5 Å². The summed E-state index contributed by atoms with van der Waals surface area (Å²) < 4.78 is 42.2. The Hall–Kier alpha value is -2.87. The van der Waals surface area contributed by atoms with E-state index in [-0.39, 0.29) is 22.0 Å². The van der Waals surface area contributed by atoms with Crippen molar-refractivity contribution in [1.29, 1.82) is 0 Å². The fraction of sp³-hybridized carbons (Fsp3) is 0.263. The lowest BCUT2D eigenvalue weighted by atomic mass is 10.2. The standard InChI is InChI=1S/C19H18ClF2NO5/c1-3-6-27-18-13(20)7-11(8-16(18)26-2)19(25)28-10-17(24)23-15-9-12(21)4-5-14(15)22/h4-5,7-9H,3,6,10H2,1-2H3,(H,23,24). The highest BCUT2D eigenvalue weighted by Crippen LogP contribution is 2.36. The summed E-state index contributed by atoms with van der Waals surface area (Å²) >= 11 is 6.13. The van der Waals surface area contributed by atoms with Crippen molar-refractivity contribution in [3.8, 4) is 11.5 Å². The first kappa shape index (κ1) is 21.4. The van der Waals surface area contributed by atoms with Crippen LogP contribution in [0, 0.1) is 11.6 Å². The van der Waals surface area contributed by atoms with Crippen molar-refractivity contribution in [2.45, 2.75) is 13.3 Å². The van der Waals surface area contributed by atoms with Crippen LogP contribution in [0.25, 0.3) is 0 Å². The summed E-state index contributed by atoms with van der Waals surface area (Å²) in [4.78, 5) is 24.0. The summed E-state index contributed by atoms with van der Waals surface area (Å²) in [5.41, 5.74) is -0.321. The molecule has 28 heavy (non-hydrogen) atoms. The number of ether oxygens (including phenoxy) is 3. The number of amides is 1. The zero-order valence-electron chi connectivity index (χ0n) is 15.2. The minimum Gasteiger partial charge on any atom is -0.493 e. The SMILES string of the molecule is CCCOc1c(Cl)cc(C(=O)OCC(=O)Nc2cc(F)ccc2F)cc1OC. The number of anilines is 1. The van der Waals surface area contributed by atoms with Gasteiger partial charge in [0, 0.05) is 6.07 Å². The molecule has 0 atom stereocenters. The van der Waals surface area contributed by atoms with Gasteiger partial charge in [-0.25, -0.2) is 13.6 Å². The Morgan fingerprint density at radius 2 is 1.93 bits per heavy atom. The summed E-state index contributed by atoms with van der Waals surface area (Å²) in [7, 11) is 1.39. The Kier molecular flexibility index (Phi) is 7.57. The third kappa shape index (κ3) is 5.56. The molecule has 6 nitrogen and oxygen atoms in total. The lowest BCUT2D eigenvalue weighted by Crippen LogP contribution is -2.21. The topological polar surface area (TPSA) is 73.9 Å². The van der Waals surface area contributed by atoms with Crippen LogP contribution in [-0.4, -0.2) is 32.2 Å². The molecule has 0 radical (unpaired) electrons. The van der Waals surface area contributed by atoms with Crippen LogP contribution in [0.4, 0.5) is 14.5 Å². The van der Waals surface area contributed by atoms with Crippen LogP contribution in [0.3, 0.4) is 0 Å². The van der Waals surface area contributed by atoms with Gasteiger partial charge in [0.1, 0.15) is 11.6 Å². The number of hydrogen-bond donors (Lipinski definition) is 1. The summed E-state index contributed by atoms with van der Waals surface area (Å²) in [5, 5.41) is 2.27. The van der Waals surface area contributed by atoms with Crippen molar-refractivity contribution in [3.63, 3.8) is 0 Å². The summed E-state index contributed by atoms with van der Waals surface area (Å²) in [6, 6.07) is 5.28. The third-order valence-corrected chi connectivity index (χ3v) is 3.73. The normalized spacial score (nSPS) is 10.3. The van der Waals surface area contributed by atoms with Crippen LogP contribution in [0.1, 0.15) is 23.7 Å². The first-order valence-electron chi connectivity index (χ1n) is 8.28.